The van der Waals surface area contributed by atoms with E-state index in [0.717, 1.165) is 0 Å². The minimum Gasteiger partial charge on any atom is -0.481 e. The van der Waals surface area contributed by atoms with Crippen LogP contribution in [0.15, 0.2) is 18.3 Å². The van der Waals surface area contributed by atoms with E-state index in [1.165, 1.54) is 18.2 Å². The molecule has 1 aliphatic rings. The molecule has 104 valence electrons. The molecule has 8 heteroatoms. The molecule has 1 amide bonds. The molecule has 19 heavy (non-hydrogen) atoms. The number of pyridine rings is 1. The van der Waals surface area contributed by atoms with E-state index >= 15 is 0 Å². The van der Waals surface area contributed by atoms with Crippen LogP contribution in [-0.4, -0.2) is 38.7 Å². The number of halogens is 1. The summed E-state index contributed by atoms with van der Waals surface area (Å²) >= 11 is 0. The maximum absolute atomic E-state index is 12.6. The lowest BCUT2D eigenvalue weighted by Gasteiger charge is -2.16. The van der Waals surface area contributed by atoms with Gasteiger partial charge in [0.05, 0.1) is 18.6 Å². The molecule has 1 unspecified atom stereocenters. The molecule has 1 aromatic rings. The predicted molar refractivity (Wildman–Crippen MR) is 66.1 cm³/mol. The molecule has 1 aromatic heterocycles. The topological polar surface area (TPSA) is 76.6 Å². The summed E-state index contributed by atoms with van der Waals surface area (Å²) in [4.78, 5) is 17.2. The second-order valence-corrected chi connectivity index (χ2v) is 5.75. The maximum Gasteiger partial charge on any atom is 0.302 e. The Morgan fingerprint density at radius 2 is 2.32 bits per heavy atom. The molecular formula is C11H13FN2O4S. The van der Waals surface area contributed by atoms with Crippen LogP contribution < -0.4 is 9.64 Å². The van der Waals surface area contributed by atoms with Gasteiger partial charge in [-0.1, -0.05) is 0 Å². The largest absolute Gasteiger partial charge is 0.481 e. The van der Waals surface area contributed by atoms with Crippen molar-refractivity contribution in [1.82, 2.24) is 4.98 Å². The number of carbonyl (C=O) groups excluding carboxylic acids is 1. The van der Waals surface area contributed by atoms with E-state index in [9.17, 15) is 17.1 Å². The van der Waals surface area contributed by atoms with Gasteiger partial charge >= 0.3 is 10.2 Å². The van der Waals surface area contributed by atoms with Crippen LogP contribution >= 0.6 is 0 Å². The standard InChI is InChI=1S/C11H13FN2O4S/c1-18-10-5-9(2-3-13-10)14-6-8(4-11(14)15)7-19(12,16)17/h2-3,5,8H,4,6-7H2,1H3. The lowest BCUT2D eigenvalue weighted by molar-refractivity contribution is -0.117. The normalized spacial score (nSPS) is 19.8. The molecule has 1 saturated heterocycles. The van der Waals surface area contributed by atoms with Crippen molar-refractivity contribution in [1.29, 1.82) is 0 Å². The summed E-state index contributed by atoms with van der Waals surface area (Å²) in [5.74, 6) is -1.03. The summed E-state index contributed by atoms with van der Waals surface area (Å²) < 4.78 is 38.8. The van der Waals surface area contributed by atoms with E-state index in [1.807, 2.05) is 0 Å². The van der Waals surface area contributed by atoms with E-state index in [-0.39, 0.29) is 18.9 Å². The zero-order chi connectivity index (χ0) is 14.0. The van der Waals surface area contributed by atoms with Crippen molar-refractivity contribution in [3.63, 3.8) is 0 Å². The first kappa shape index (κ1) is 13.7. The average Bonchev–Trinajstić information content (AvgIpc) is 2.68. The molecule has 0 bridgehead atoms. The molecule has 0 radical (unpaired) electrons. The number of amides is 1. The van der Waals surface area contributed by atoms with Crippen molar-refractivity contribution in [2.24, 2.45) is 5.92 Å². The Kier molecular flexibility index (Phi) is 3.70. The van der Waals surface area contributed by atoms with Crippen LogP contribution in [0.3, 0.4) is 0 Å². The number of aromatic nitrogens is 1. The molecule has 6 nitrogen and oxygen atoms in total. The van der Waals surface area contributed by atoms with Crippen molar-refractivity contribution < 1.29 is 21.8 Å². The Labute approximate surface area is 110 Å². The SMILES string of the molecule is COc1cc(N2CC(CS(=O)(=O)F)CC2=O)ccn1. The fourth-order valence-electron chi connectivity index (χ4n) is 2.10. The molecular weight excluding hydrogens is 275 g/mol. The Balaban J connectivity index is 2.15. The van der Waals surface area contributed by atoms with Crippen molar-refractivity contribution in [2.45, 2.75) is 6.42 Å². The molecule has 0 aromatic carbocycles. The summed E-state index contributed by atoms with van der Waals surface area (Å²) in [6, 6.07) is 3.19. The van der Waals surface area contributed by atoms with Gasteiger partial charge in [-0.05, 0) is 6.07 Å². The van der Waals surface area contributed by atoms with Gasteiger partial charge in [0.2, 0.25) is 11.8 Å². The minimum absolute atomic E-state index is 0.0216. The number of methoxy groups -OCH3 is 1. The maximum atomic E-state index is 12.6. The van der Waals surface area contributed by atoms with Gasteiger partial charge in [-0.3, -0.25) is 4.79 Å². The number of hydrogen-bond acceptors (Lipinski definition) is 5. The number of carbonyl (C=O) groups is 1. The van der Waals surface area contributed by atoms with E-state index < -0.39 is 21.9 Å². The first-order chi connectivity index (χ1) is 8.89. The quantitative estimate of drug-likeness (QED) is 0.764. The highest BCUT2D eigenvalue weighted by atomic mass is 32.3. The second-order valence-electron chi connectivity index (χ2n) is 4.34. The monoisotopic (exact) mass is 288 g/mol. The van der Waals surface area contributed by atoms with E-state index in [1.54, 1.807) is 12.1 Å². The summed E-state index contributed by atoms with van der Waals surface area (Å²) in [5.41, 5.74) is 0.565. The lowest BCUT2D eigenvalue weighted by Crippen LogP contribution is -2.25. The number of anilines is 1. The number of rotatable bonds is 4. The van der Waals surface area contributed by atoms with Gasteiger partial charge in [0.15, 0.2) is 0 Å². The Hall–Kier alpha value is -1.70. The molecule has 1 aliphatic heterocycles. The van der Waals surface area contributed by atoms with Crippen LogP contribution in [0.25, 0.3) is 0 Å². The van der Waals surface area contributed by atoms with Crippen LogP contribution in [0.5, 0.6) is 5.88 Å². The molecule has 0 N–H and O–H groups in total. The van der Waals surface area contributed by atoms with Gasteiger partial charge in [-0.2, -0.15) is 8.42 Å². The van der Waals surface area contributed by atoms with Crippen LogP contribution in [0.4, 0.5) is 9.57 Å². The smallest absolute Gasteiger partial charge is 0.302 e. The van der Waals surface area contributed by atoms with Gasteiger partial charge in [0, 0.05) is 31.1 Å². The Morgan fingerprint density at radius 3 is 2.95 bits per heavy atom. The average molecular weight is 288 g/mol. The van der Waals surface area contributed by atoms with E-state index in [4.69, 9.17) is 4.74 Å². The second kappa shape index (κ2) is 5.12. The molecule has 1 fully saturated rings. The van der Waals surface area contributed by atoms with E-state index in [2.05, 4.69) is 4.98 Å². The third-order valence-corrected chi connectivity index (χ3v) is 3.75. The molecule has 2 heterocycles. The molecule has 1 atom stereocenters. The summed E-state index contributed by atoms with van der Waals surface area (Å²) in [7, 11) is -3.11. The predicted octanol–water partition coefficient (Wildman–Crippen LogP) is 0.742. The highest BCUT2D eigenvalue weighted by Crippen LogP contribution is 2.27. The van der Waals surface area contributed by atoms with E-state index in [0.29, 0.717) is 11.6 Å². The van der Waals surface area contributed by atoms with Gasteiger partial charge in [0.1, 0.15) is 0 Å². The van der Waals surface area contributed by atoms with Crippen molar-refractivity contribution in [3.05, 3.63) is 18.3 Å². The number of ether oxygens (including phenoxy) is 1. The molecule has 2 rings (SSSR count). The van der Waals surface area contributed by atoms with Crippen LogP contribution in [0.1, 0.15) is 6.42 Å². The van der Waals surface area contributed by atoms with Gasteiger partial charge < -0.3 is 9.64 Å². The zero-order valence-corrected chi connectivity index (χ0v) is 11.1. The van der Waals surface area contributed by atoms with Gasteiger partial charge in [-0.25, -0.2) is 4.98 Å². The van der Waals surface area contributed by atoms with Crippen molar-refractivity contribution >= 4 is 21.8 Å². The summed E-state index contributed by atoms with van der Waals surface area (Å²) in [5, 5.41) is 0. The zero-order valence-electron chi connectivity index (χ0n) is 10.2. The molecule has 0 aliphatic carbocycles. The number of hydrogen-bond donors (Lipinski definition) is 0. The first-order valence-corrected chi connectivity index (χ1v) is 7.17. The highest BCUT2D eigenvalue weighted by molar-refractivity contribution is 7.86. The van der Waals surface area contributed by atoms with Crippen LogP contribution in [0, 0.1) is 5.92 Å². The Bertz CT molecular complexity index is 590. The fraction of sp³-hybridized carbons (Fsp3) is 0.455. The minimum atomic E-state index is -4.57. The van der Waals surface area contributed by atoms with Crippen LogP contribution in [-0.2, 0) is 15.0 Å². The lowest BCUT2D eigenvalue weighted by atomic mass is 10.1. The van der Waals surface area contributed by atoms with Gasteiger partial charge in [0.25, 0.3) is 0 Å². The number of nitrogens with zero attached hydrogens (tertiary/aromatic N) is 2. The van der Waals surface area contributed by atoms with Crippen LogP contribution in [0.2, 0.25) is 0 Å². The summed E-state index contributed by atoms with van der Waals surface area (Å²) in [6.07, 6.45) is 1.51. The molecule has 0 spiro atoms. The summed E-state index contributed by atoms with van der Waals surface area (Å²) in [6.45, 7) is 0.176. The third kappa shape index (κ3) is 3.40. The first-order valence-electron chi connectivity index (χ1n) is 5.62. The van der Waals surface area contributed by atoms with Crippen molar-refractivity contribution in [3.8, 4) is 5.88 Å². The van der Waals surface area contributed by atoms with Gasteiger partial charge in [-0.15, -0.1) is 3.89 Å². The highest BCUT2D eigenvalue weighted by Gasteiger charge is 2.33. The third-order valence-electron chi connectivity index (χ3n) is 2.88. The molecule has 0 saturated carbocycles. The Morgan fingerprint density at radius 1 is 1.58 bits per heavy atom. The fourth-order valence-corrected chi connectivity index (χ4v) is 2.89. The van der Waals surface area contributed by atoms with Crippen molar-refractivity contribution in [2.75, 3.05) is 24.3 Å².